The average Bonchev–Trinajstić information content (AvgIpc) is 2.82. The molecular formula is C13H13NOS2. The Balaban J connectivity index is 1.98. The minimum absolute atomic E-state index is 0.0331. The maximum atomic E-state index is 11.8. The van der Waals surface area contributed by atoms with Crippen LogP contribution in [-0.4, -0.2) is 12.2 Å². The molecule has 1 heterocycles. The fraction of sp³-hybridized carbons (Fsp3) is 0.154. The number of rotatable bonds is 4. The molecule has 2 aromatic rings. The molecule has 0 aliphatic heterocycles. The third kappa shape index (κ3) is 3.61. The lowest BCUT2D eigenvalue weighted by Gasteiger charge is -2.05. The van der Waals surface area contributed by atoms with Gasteiger partial charge in [0.05, 0.1) is 6.42 Å². The fourth-order valence-electron chi connectivity index (χ4n) is 1.48. The molecule has 0 bridgehead atoms. The van der Waals surface area contributed by atoms with E-state index in [1.54, 1.807) is 23.1 Å². The summed E-state index contributed by atoms with van der Waals surface area (Å²) in [5.41, 5.74) is 0.860. The van der Waals surface area contributed by atoms with Crippen molar-refractivity contribution in [3.05, 3.63) is 46.7 Å². The van der Waals surface area contributed by atoms with Crippen molar-refractivity contribution in [3.8, 4) is 0 Å². The van der Waals surface area contributed by atoms with Gasteiger partial charge in [-0.1, -0.05) is 12.1 Å². The Kier molecular flexibility index (Phi) is 4.23. The second kappa shape index (κ2) is 5.89. The molecule has 1 N–H and O–H groups in total. The van der Waals surface area contributed by atoms with Crippen molar-refractivity contribution in [2.24, 2.45) is 0 Å². The summed E-state index contributed by atoms with van der Waals surface area (Å²) in [6.07, 6.45) is 2.47. The summed E-state index contributed by atoms with van der Waals surface area (Å²) in [7, 11) is 0. The van der Waals surface area contributed by atoms with E-state index in [-0.39, 0.29) is 5.91 Å². The lowest BCUT2D eigenvalue weighted by molar-refractivity contribution is -0.115. The van der Waals surface area contributed by atoms with E-state index in [9.17, 15) is 4.79 Å². The molecule has 0 unspecified atom stereocenters. The molecular weight excluding hydrogens is 250 g/mol. The van der Waals surface area contributed by atoms with Gasteiger partial charge in [0.15, 0.2) is 0 Å². The lowest BCUT2D eigenvalue weighted by Crippen LogP contribution is -2.13. The topological polar surface area (TPSA) is 29.1 Å². The summed E-state index contributed by atoms with van der Waals surface area (Å²) in [6, 6.07) is 11.8. The Morgan fingerprint density at radius 2 is 2.24 bits per heavy atom. The first-order chi connectivity index (χ1) is 8.28. The highest BCUT2D eigenvalue weighted by Gasteiger charge is 2.04. The molecule has 88 valence electrons. The molecule has 0 atom stereocenters. The molecule has 2 rings (SSSR count). The molecule has 0 saturated heterocycles. The van der Waals surface area contributed by atoms with Gasteiger partial charge in [0.1, 0.15) is 0 Å². The average molecular weight is 263 g/mol. The number of thioether (sulfide) groups is 1. The van der Waals surface area contributed by atoms with E-state index < -0.39 is 0 Å². The Bertz CT molecular complexity index is 494. The first kappa shape index (κ1) is 12.2. The van der Waals surface area contributed by atoms with Gasteiger partial charge in [0.25, 0.3) is 0 Å². The van der Waals surface area contributed by atoms with Gasteiger partial charge in [0, 0.05) is 15.5 Å². The minimum atomic E-state index is 0.0331. The zero-order valence-electron chi connectivity index (χ0n) is 9.47. The molecule has 0 spiro atoms. The highest BCUT2D eigenvalue weighted by Crippen LogP contribution is 2.19. The van der Waals surface area contributed by atoms with Crippen molar-refractivity contribution in [2.75, 3.05) is 11.6 Å². The Morgan fingerprint density at radius 1 is 1.35 bits per heavy atom. The number of amides is 1. The van der Waals surface area contributed by atoms with E-state index in [4.69, 9.17) is 0 Å². The number of anilines is 1. The number of hydrogen-bond donors (Lipinski definition) is 1. The van der Waals surface area contributed by atoms with Crippen molar-refractivity contribution in [3.63, 3.8) is 0 Å². The van der Waals surface area contributed by atoms with Gasteiger partial charge in [-0.15, -0.1) is 23.1 Å². The number of carbonyl (C=O) groups excluding carboxylic acids is 1. The predicted molar refractivity (Wildman–Crippen MR) is 74.9 cm³/mol. The number of benzene rings is 1. The van der Waals surface area contributed by atoms with Gasteiger partial charge in [0.2, 0.25) is 5.91 Å². The minimum Gasteiger partial charge on any atom is -0.326 e. The SMILES string of the molecule is CSc1cccc(NC(=O)Cc2cccs2)c1. The highest BCUT2D eigenvalue weighted by molar-refractivity contribution is 7.98. The predicted octanol–water partition coefficient (Wildman–Crippen LogP) is 3.65. The number of hydrogen-bond acceptors (Lipinski definition) is 3. The van der Waals surface area contributed by atoms with Crippen LogP contribution in [0.4, 0.5) is 5.69 Å². The smallest absolute Gasteiger partial charge is 0.229 e. The van der Waals surface area contributed by atoms with Crippen LogP contribution >= 0.6 is 23.1 Å². The molecule has 2 nitrogen and oxygen atoms in total. The molecule has 0 radical (unpaired) electrons. The molecule has 4 heteroatoms. The highest BCUT2D eigenvalue weighted by atomic mass is 32.2. The van der Waals surface area contributed by atoms with E-state index in [1.165, 1.54) is 0 Å². The van der Waals surface area contributed by atoms with E-state index in [0.29, 0.717) is 6.42 Å². The third-order valence-corrected chi connectivity index (χ3v) is 3.87. The van der Waals surface area contributed by atoms with Gasteiger partial charge < -0.3 is 5.32 Å². The van der Waals surface area contributed by atoms with E-state index in [1.807, 2.05) is 48.0 Å². The standard InChI is InChI=1S/C13H13NOS2/c1-16-11-5-2-4-10(8-11)14-13(15)9-12-6-3-7-17-12/h2-8H,9H2,1H3,(H,14,15). The van der Waals surface area contributed by atoms with Crippen LogP contribution in [0.5, 0.6) is 0 Å². The Labute approximate surface area is 109 Å². The van der Waals surface area contributed by atoms with Gasteiger partial charge in [-0.2, -0.15) is 0 Å². The normalized spacial score (nSPS) is 10.2. The van der Waals surface area contributed by atoms with Crippen molar-refractivity contribution in [1.82, 2.24) is 0 Å². The summed E-state index contributed by atoms with van der Waals surface area (Å²) in [4.78, 5) is 14.0. The first-order valence-corrected chi connectivity index (χ1v) is 7.34. The molecule has 1 aromatic heterocycles. The molecule has 17 heavy (non-hydrogen) atoms. The van der Waals surface area contributed by atoms with E-state index >= 15 is 0 Å². The van der Waals surface area contributed by atoms with Crippen LogP contribution in [0.25, 0.3) is 0 Å². The summed E-state index contributed by atoms with van der Waals surface area (Å²) in [6.45, 7) is 0. The first-order valence-electron chi connectivity index (χ1n) is 5.24. The second-order valence-corrected chi connectivity index (χ2v) is 5.45. The van der Waals surface area contributed by atoms with Gasteiger partial charge >= 0.3 is 0 Å². The molecule has 1 amide bonds. The van der Waals surface area contributed by atoms with Gasteiger partial charge in [-0.25, -0.2) is 0 Å². The van der Waals surface area contributed by atoms with Gasteiger partial charge in [-0.05, 0) is 35.9 Å². The quantitative estimate of drug-likeness (QED) is 0.853. The van der Waals surface area contributed by atoms with Crippen LogP contribution in [-0.2, 0) is 11.2 Å². The van der Waals surface area contributed by atoms with Crippen molar-refractivity contribution in [1.29, 1.82) is 0 Å². The van der Waals surface area contributed by atoms with E-state index in [2.05, 4.69) is 5.32 Å². The van der Waals surface area contributed by atoms with Crippen molar-refractivity contribution >= 4 is 34.7 Å². The molecule has 0 saturated carbocycles. The monoisotopic (exact) mass is 263 g/mol. The maximum Gasteiger partial charge on any atom is 0.229 e. The van der Waals surface area contributed by atoms with Crippen molar-refractivity contribution < 1.29 is 4.79 Å². The summed E-state index contributed by atoms with van der Waals surface area (Å²) >= 11 is 3.27. The Morgan fingerprint density at radius 3 is 2.94 bits per heavy atom. The fourth-order valence-corrected chi connectivity index (χ4v) is 2.64. The van der Waals surface area contributed by atoms with Crippen LogP contribution in [0.1, 0.15) is 4.88 Å². The largest absolute Gasteiger partial charge is 0.326 e. The van der Waals surface area contributed by atoms with Crippen LogP contribution < -0.4 is 5.32 Å². The zero-order valence-corrected chi connectivity index (χ0v) is 11.1. The maximum absolute atomic E-state index is 11.8. The van der Waals surface area contributed by atoms with Crippen LogP contribution in [0.15, 0.2) is 46.7 Å². The van der Waals surface area contributed by atoms with Gasteiger partial charge in [-0.3, -0.25) is 4.79 Å². The van der Waals surface area contributed by atoms with Crippen LogP contribution in [0, 0.1) is 0 Å². The lowest BCUT2D eigenvalue weighted by atomic mass is 10.3. The van der Waals surface area contributed by atoms with Crippen LogP contribution in [0.2, 0.25) is 0 Å². The second-order valence-electron chi connectivity index (χ2n) is 3.54. The Hall–Kier alpha value is -1.26. The van der Waals surface area contributed by atoms with Crippen LogP contribution in [0.3, 0.4) is 0 Å². The molecule has 0 fully saturated rings. The summed E-state index contributed by atoms with van der Waals surface area (Å²) < 4.78 is 0. The number of carbonyl (C=O) groups is 1. The van der Waals surface area contributed by atoms with E-state index in [0.717, 1.165) is 15.5 Å². The summed E-state index contributed by atoms with van der Waals surface area (Å²) in [5, 5.41) is 4.89. The molecule has 0 aliphatic rings. The van der Waals surface area contributed by atoms with Crippen molar-refractivity contribution in [2.45, 2.75) is 11.3 Å². The summed E-state index contributed by atoms with van der Waals surface area (Å²) in [5.74, 6) is 0.0331. The third-order valence-electron chi connectivity index (χ3n) is 2.27. The molecule has 1 aromatic carbocycles. The number of thiophene rings is 1. The number of nitrogens with one attached hydrogen (secondary N) is 1. The molecule has 0 aliphatic carbocycles. The zero-order chi connectivity index (χ0) is 12.1.